The molecule has 0 aliphatic heterocycles. The van der Waals surface area contributed by atoms with E-state index in [1.807, 2.05) is 0 Å². The van der Waals surface area contributed by atoms with Crippen LogP contribution in [-0.2, 0) is 28.6 Å². The average molecular weight is 1150 g/mol. The van der Waals surface area contributed by atoms with E-state index in [0.717, 1.165) is 77.0 Å². The third-order valence-corrected chi connectivity index (χ3v) is 16.5. The van der Waals surface area contributed by atoms with E-state index in [1.165, 1.54) is 283 Å². The van der Waals surface area contributed by atoms with Gasteiger partial charge in [-0.2, -0.15) is 0 Å². The highest BCUT2D eigenvalue weighted by Crippen LogP contribution is 2.18. The smallest absolute Gasteiger partial charge is 0.306 e. The molecule has 0 aliphatic carbocycles. The first kappa shape index (κ1) is 79.4. The van der Waals surface area contributed by atoms with Crippen LogP contribution < -0.4 is 0 Å². The third kappa shape index (κ3) is 68.2. The van der Waals surface area contributed by atoms with Crippen molar-refractivity contribution in [3.8, 4) is 0 Å². The molecule has 0 spiro atoms. The second kappa shape index (κ2) is 70.9. The summed E-state index contributed by atoms with van der Waals surface area (Å²) >= 11 is 0. The van der Waals surface area contributed by atoms with E-state index in [9.17, 15) is 14.4 Å². The molecule has 0 amide bonds. The number of hydrogen-bond acceptors (Lipinski definition) is 6. The number of rotatable bonds is 68. The van der Waals surface area contributed by atoms with Crippen LogP contribution in [0.2, 0.25) is 0 Å². The molecular formula is C76H140O6. The molecule has 6 heteroatoms. The molecule has 0 aromatic carbocycles. The Balaban J connectivity index is 4.10. The first-order valence-electron chi connectivity index (χ1n) is 36.6. The summed E-state index contributed by atoms with van der Waals surface area (Å²) < 4.78 is 17.0. The fraction of sp³-hybridized carbons (Fsp3) is 0.855. The third-order valence-electron chi connectivity index (χ3n) is 16.5. The van der Waals surface area contributed by atoms with Crippen molar-refractivity contribution in [1.82, 2.24) is 0 Å². The second-order valence-corrected chi connectivity index (χ2v) is 24.8. The van der Waals surface area contributed by atoms with Crippen LogP contribution in [0.15, 0.2) is 48.6 Å². The molecule has 0 rings (SSSR count). The fourth-order valence-electron chi connectivity index (χ4n) is 11.0. The Morgan fingerprint density at radius 1 is 0.244 bits per heavy atom. The minimum Gasteiger partial charge on any atom is -0.462 e. The van der Waals surface area contributed by atoms with Gasteiger partial charge >= 0.3 is 17.9 Å². The molecule has 1 unspecified atom stereocenters. The first-order valence-corrected chi connectivity index (χ1v) is 36.6. The molecule has 0 aliphatic rings. The zero-order chi connectivity index (χ0) is 59.2. The summed E-state index contributed by atoms with van der Waals surface area (Å²) in [5.41, 5.74) is 0. The SMILES string of the molecule is CCC/C=C\CCCCCCCC(=O)OCC(COC(=O)CCCCCCCCCCCCCCCCCCCCC/C=C\C/C=C\CCCCCCC)OC(=O)CCCCCCCCCCCCC/C=C\CCCCCCCCCC. The number of carbonyl (C=O) groups excluding carboxylic acids is 3. The molecule has 0 bridgehead atoms. The number of ether oxygens (including phenoxy) is 3. The summed E-state index contributed by atoms with van der Waals surface area (Å²) in [7, 11) is 0. The van der Waals surface area contributed by atoms with Gasteiger partial charge in [0.1, 0.15) is 13.2 Å². The molecule has 82 heavy (non-hydrogen) atoms. The molecule has 0 aromatic rings. The molecule has 0 aromatic heterocycles. The summed E-state index contributed by atoms with van der Waals surface area (Å²) in [5, 5.41) is 0. The summed E-state index contributed by atoms with van der Waals surface area (Å²) in [5.74, 6) is -0.858. The van der Waals surface area contributed by atoms with E-state index in [1.54, 1.807) is 0 Å². The van der Waals surface area contributed by atoms with Crippen LogP contribution in [0.5, 0.6) is 0 Å². The Labute approximate surface area is 511 Å². The van der Waals surface area contributed by atoms with E-state index in [4.69, 9.17) is 14.2 Å². The number of carbonyl (C=O) groups is 3. The monoisotopic (exact) mass is 1150 g/mol. The summed E-state index contributed by atoms with van der Waals surface area (Å²) in [6, 6.07) is 0. The van der Waals surface area contributed by atoms with Crippen molar-refractivity contribution in [1.29, 1.82) is 0 Å². The Morgan fingerprint density at radius 2 is 0.463 bits per heavy atom. The van der Waals surface area contributed by atoms with Crippen LogP contribution in [0.3, 0.4) is 0 Å². The van der Waals surface area contributed by atoms with E-state index in [0.29, 0.717) is 19.3 Å². The topological polar surface area (TPSA) is 78.9 Å². The number of hydrogen-bond donors (Lipinski definition) is 0. The minimum atomic E-state index is -0.775. The van der Waals surface area contributed by atoms with Crippen molar-refractivity contribution in [3.63, 3.8) is 0 Å². The number of unbranched alkanes of at least 4 members (excludes halogenated alkanes) is 49. The number of esters is 3. The first-order chi connectivity index (χ1) is 40.5. The van der Waals surface area contributed by atoms with Crippen LogP contribution in [-0.4, -0.2) is 37.2 Å². The van der Waals surface area contributed by atoms with Crippen LogP contribution in [0.25, 0.3) is 0 Å². The molecule has 0 radical (unpaired) electrons. The van der Waals surface area contributed by atoms with Crippen LogP contribution in [0.1, 0.15) is 400 Å². The average Bonchev–Trinajstić information content (AvgIpc) is 3.48. The van der Waals surface area contributed by atoms with Gasteiger partial charge in [-0.1, -0.05) is 333 Å². The lowest BCUT2D eigenvalue weighted by atomic mass is 10.0. The van der Waals surface area contributed by atoms with Crippen molar-refractivity contribution in [2.24, 2.45) is 0 Å². The quantitative estimate of drug-likeness (QED) is 0.0261. The molecule has 0 heterocycles. The predicted octanol–water partition coefficient (Wildman–Crippen LogP) is 25.3. The Morgan fingerprint density at radius 3 is 0.732 bits per heavy atom. The molecular weight excluding hydrogens is 1010 g/mol. The molecule has 0 fully saturated rings. The Hall–Kier alpha value is -2.63. The minimum absolute atomic E-state index is 0.0716. The van der Waals surface area contributed by atoms with Crippen molar-refractivity contribution in [2.75, 3.05) is 13.2 Å². The lowest BCUT2D eigenvalue weighted by molar-refractivity contribution is -0.167. The fourth-order valence-corrected chi connectivity index (χ4v) is 11.0. The lowest BCUT2D eigenvalue weighted by Gasteiger charge is -2.18. The van der Waals surface area contributed by atoms with Crippen molar-refractivity contribution in [3.05, 3.63) is 48.6 Å². The van der Waals surface area contributed by atoms with Crippen molar-refractivity contribution >= 4 is 17.9 Å². The molecule has 0 saturated carbocycles. The van der Waals surface area contributed by atoms with Gasteiger partial charge in [-0.3, -0.25) is 14.4 Å². The summed E-state index contributed by atoms with van der Waals surface area (Å²) in [4.78, 5) is 38.3. The highest BCUT2D eigenvalue weighted by atomic mass is 16.6. The molecule has 0 N–H and O–H groups in total. The highest BCUT2D eigenvalue weighted by Gasteiger charge is 2.19. The zero-order valence-electron chi connectivity index (χ0n) is 55.3. The van der Waals surface area contributed by atoms with Gasteiger partial charge in [0.2, 0.25) is 0 Å². The van der Waals surface area contributed by atoms with E-state index in [2.05, 4.69) is 69.4 Å². The van der Waals surface area contributed by atoms with Crippen LogP contribution >= 0.6 is 0 Å². The van der Waals surface area contributed by atoms with Gasteiger partial charge in [-0.05, 0) is 96.3 Å². The Bertz CT molecular complexity index is 1410. The molecule has 6 nitrogen and oxygen atoms in total. The van der Waals surface area contributed by atoms with Gasteiger partial charge < -0.3 is 14.2 Å². The zero-order valence-corrected chi connectivity index (χ0v) is 55.3. The van der Waals surface area contributed by atoms with E-state index in [-0.39, 0.29) is 31.1 Å². The van der Waals surface area contributed by atoms with Gasteiger partial charge in [0.05, 0.1) is 0 Å². The summed E-state index contributed by atoms with van der Waals surface area (Å²) in [6.07, 6.45) is 90.3. The maximum atomic E-state index is 12.9. The maximum Gasteiger partial charge on any atom is 0.306 e. The summed E-state index contributed by atoms with van der Waals surface area (Å²) in [6.45, 7) is 6.62. The molecule has 480 valence electrons. The lowest BCUT2D eigenvalue weighted by Crippen LogP contribution is -2.30. The van der Waals surface area contributed by atoms with Gasteiger partial charge in [-0.25, -0.2) is 0 Å². The van der Waals surface area contributed by atoms with Crippen LogP contribution in [0.4, 0.5) is 0 Å². The standard InChI is InChI=1S/C76H140O6/c1-4-7-10-13-16-19-22-24-26-28-30-32-34-35-36-37-38-39-40-41-43-44-46-48-50-52-54-57-60-63-66-69-75(78)81-72-73(71-80-74(77)68-65-62-59-56-21-18-15-12-9-6-3)82-76(79)70-67-64-61-58-55-53-51-49-47-45-42-33-31-29-27-25-23-20-17-14-11-8-5-2/h12,15,22,24,28-31,73H,4-11,13-14,16-21,23,25-27,32-72H2,1-3H3/b15-12-,24-22-,30-28-,31-29-. The van der Waals surface area contributed by atoms with Crippen molar-refractivity contribution < 1.29 is 28.6 Å². The van der Waals surface area contributed by atoms with Crippen LogP contribution in [0, 0.1) is 0 Å². The van der Waals surface area contributed by atoms with Crippen molar-refractivity contribution in [2.45, 2.75) is 406 Å². The predicted molar refractivity (Wildman–Crippen MR) is 358 cm³/mol. The van der Waals surface area contributed by atoms with E-state index < -0.39 is 6.10 Å². The van der Waals surface area contributed by atoms with Gasteiger partial charge in [0.25, 0.3) is 0 Å². The second-order valence-electron chi connectivity index (χ2n) is 24.8. The van der Waals surface area contributed by atoms with Gasteiger partial charge in [0, 0.05) is 19.3 Å². The van der Waals surface area contributed by atoms with Gasteiger partial charge in [-0.15, -0.1) is 0 Å². The van der Waals surface area contributed by atoms with Gasteiger partial charge in [0.15, 0.2) is 6.10 Å². The highest BCUT2D eigenvalue weighted by molar-refractivity contribution is 5.71. The molecule has 0 saturated heterocycles. The Kier molecular flexibility index (Phi) is 68.6. The largest absolute Gasteiger partial charge is 0.462 e. The number of allylic oxidation sites excluding steroid dienone is 8. The van der Waals surface area contributed by atoms with E-state index >= 15 is 0 Å². The molecule has 1 atom stereocenters. The maximum absolute atomic E-state index is 12.9. The normalized spacial score (nSPS) is 12.3.